The topological polar surface area (TPSA) is 3.24 Å². The second kappa shape index (κ2) is 11.7. The van der Waals surface area contributed by atoms with Crippen LogP contribution in [0, 0.1) is 0 Å². The molecule has 234 valence electrons. The number of thiophene rings is 1. The Morgan fingerprint density at radius 2 is 0.820 bits per heavy atom. The zero-order valence-electron chi connectivity index (χ0n) is 27.3. The van der Waals surface area contributed by atoms with Crippen molar-refractivity contribution >= 4 is 80.9 Å². The molecule has 1 nitrogen and oxygen atoms in total. The fraction of sp³-hybridized carbons (Fsp3) is 0. The van der Waals surface area contributed by atoms with E-state index in [0.717, 1.165) is 17.1 Å². The second-order valence-electron chi connectivity index (χ2n) is 13.0. The van der Waals surface area contributed by atoms with Gasteiger partial charge in [-0.15, -0.1) is 11.3 Å². The Hall–Kier alpha value is -6.22. The van der Waals surface area contributed by atoms with Crippen LogP contribution in [0.4, 0.5) is 17.1 Å². The summed E-state index contributed by atoms with van der Waals surface area (Å²) in [5, 5.41) is 10.3. The van der Waals surface area contributed by atoms with Gasteiger partial charge in [0.15, 0.2) is 0 Å². The van der Waals surface area contributed by atoms with Crippen LogP contribution in [0.3, 0.4) is 0 Å². The predicted octanol–water partition coefficient (Wildman–Crippen LogP) is 14.3. The van der Waals surface area contributed by atoms with E-state index in [1.54, 1.807) is 0 Å². The Morgan fingerprint density at radius 3 is 1.58 bits per heavy atom. The van der Waals surface area contributed by atoms with Crippen molar-refractivity contribution in [3.63, 3.8) is 0 Å². The lowest BCUT2D eigenvalue weighted by molar-refractivity contribution is 1.29. The van der Waals surface area contributed by atoms with Crippen LogP contribution in [0.1, 0.15) is 0 Å². The third-order valence-electron chi connectivity index (χ3n) is 10.0. The number of rotatable bonds is 5. The van der Waals surface area contributed by atoms with E-state index in [0.29, 0.717) is 0 Å². The number of anilines is 3. The minimum Gasteiger partial charge on any atom is -0.310 e. The molecular formula is C48H31NS. The summed E-state index contributed by atoms with van der Waals surface area (Å²) in [5.74, 6) is 0. The molecule has 1 aromatic heterocycles. The van der Waals surface area contributed by atoms with E-state index < -0.39 is 0 Å². The average molecular weight is 654 g/mol. The molecule has 0 aliphatic carbocycles. The van der Waals surface area contributed by atoms with Gasteiger partial charge < -0.3 is 4.90 Å². The number of nitrogens with zero attached hydrogens (tertiary/aromatic N) is 1. The monoisotopic (exact) mass is 653 g/mol. The summed E-state index contributed by atoms with van der Waals surface area (Å²) in [6.07, 6.45) is 0. The smallest absolute Gasteiger partial charge is 0.0476 e. The van der Waals surface area contributed by atoms with Crippen molar-refractivity contribution in [2.24, 2.45) is 0 Å². The Morgan fingerprint density at radius 1 is 0.300 bits per heavy atom. The standard InChI is InChI=1S/C48H31NS/c1-2-8-32(9-3-1)33-20-24-39(25-21-33)49(41-28-29-44-43-12-6-7-13-46(43)50-47(44)31-41)40-26-22-34(23-27-40)38-19-16-36-15-18-37-17-14-35-10-4-5-11-42(35)48(37)45(36)30-38/h1-31H. The number of hydrogen-bond acceptors (Lipinski definition) is 2. The maximum absolute atomic E-state index is 2.38. The Kier molecular flexibility index (Phi) is 6.75. The molecule has 0 aliphatic heterocycles. The zero-order chi connectivity index (χ0) is 33.0. The molecule has 9 aromatic carbocycles. The number of benzene rings is 9. The summed E-state index contributed by atoms with van der Waals surface area (Å²) in [7, 11) is 0. The van der Waals surface area contributed by atoms with Crippen LogP contribution in [0.15, 0.2) is 188 Å². The van der Waals surface area contributed by atoms with Gasteiger partial charge in [0.25, 0.3) is 0 Å². The van der Waals surface area contributed by atoms with Crippen molar-refractivity contribution < 1.29 is 0 Å². The first kappa shape index (κ1) is 28.8. The van der Waals surface area contributed by atoms with E-state index in [1.165, 1.54) is 74.7 Å². The molecule has 0 radical (unpaired) electrons. The molecule has 50 heavy (non-hydrogen) atoms. The van der Waals surface area contributed by atoms with E-state index in [4.69, 9.17) is 0 Å². The van der Waals surface area contributed by atoms with Crippen molar-refractivity contribution in [2.75, 3.05) is 4.90 Å². The fourth-order valence-electron chi connectivity index (χ4n) is 7.54. The lowest BCUT2D eigenvalue weighted by Crippen LogP contribution is -2.09. The van der Waals surface area contributed by atoms with E-state index in [9.17, 15) is 0 Å². The zero-order valence-corrected chi connectivity index (χ0v) is 28.1. The van der Waals surface area contributed by atoms with Gasteiger partial charge in [0, 0.05) is 37.2 Å². The minimum absolute atomic E-state index is 1.12. The molecular weight excluding hydrogens is 623 g/mol. The molecule has 10 rings (SSSR count). The van der Waals surface area contributed by atoms with Gasteiger partial charge in [-0.05, 0) is 103 Å². The second-order valence-corrected chi connectivity index (χ2v) is 14.0. The highest BCUT2D eigenvalue weighted by Gasteiger charge is 2.16. The molecule has 0 saturated carbocycles. The van der Waals surface area contributed by atoms with Gasteiger partial charge in [-0.3, -0.25) is 0 Å². The van der Waals surface area contributed by atoms with E-state index in [1.807, 2.05) is 11.3 Å². The molecule has 0 N–H and O–H groups in total. The van der Waals surface area contributed by atoms with Crippen LogP contribution in [0.5, 0.6) is 0 Å². The van der Waals surface area contributed by atoms with Crippen LogP contribution in [0.25, 0.3) is 74.7 Å². The number of fused-ring (bicyclic) bond motifs is 8. The van der Waals surface area contributed by atoms with E-state index in [2.05, 4.69) is 193 Å². The first-order chi connectivity index (χ1) is 24.8. The van der Waals surface area contributed by atoms with Crippen LogP contribution >= 0.6 is 11.3 Å². The third kappa shape index (κ3) is 4.84. The third-order valence-corrected chi connectivity index (χ3v) is 11.2. The highest BCUT2D eigenvalue weighted by molar-refractivity contribution is 7.25. The molecule has 0 unspecified atom stereocenters. The predicted molar refractivity (Wildman–Crippen MR) is 217 cm³/mol. The van der Waals surface area contributed by atoms with Gasteiger partial charge in [0.1, 0.15) is 0 Å². The van der Waals surface area contributed by atoms with Crippen LogP contribution < -0.4 is 4.90 Å². The van der Waals surface area contributed by atoms with Crippen molar-refractivity contribution in [1.29, 1.82) is 0 Å². The fourth-order valence-corrected chi connectivity index (χ4v) is 8.68. The van der Waals surface area contributed by atoms with Gasteiger partial charge in [-0.25, -0.2) is 0 Å². The molecule has 1 heterocycles. The maximum Gasteiger partial charge on any atom is 0.0476 e. The molecule has 0 fully saturated rings. The molecule has 2 heteroatoms. The lowest BCUT2D eigenvalue weighted by Gasteiger charge is -2.26. The molecule has 0 spiro atoms. The molecule has 0 aliphatic rings. The largest absolute Gasteiger partial charge is 0.310 e. The first-order valence-electron chi connectivity index (χ1n) is 17.1. The molecule has 10 aromatic rings. The minimum atomic E-state index is 1.12. The van der Waals surface area contributed by atoms with Crippen LogP contribution in [0.2, 0.25) is 0 Å². The van der Waals surface area contributed by atoms with Gasteiger partial charge in [-0.2, -0.15) is 0 Å². The first-order valence-corrected chi connectivity index (χ1v) is 17.9. The van der Waals surface area contributed by atoms with Gasteiger partial charge in [0.05, 0.1) is 0 Å². The molecule has 0 saturated heterocycles. The molecule has 0 atom stereocenters. The van der Waals surface area contributed by atoms with Gasteiger partial charge in [-0.1, -0.05) is 140 Å². The van der Waals surface area contributed by atoms with Crippen molar-refractivity contribution in [1.82, 2.24) is 0 Å². The Bertz CT molecular complexity index is 2840. The summed E-state index contributed by atoms with van der Waals surface area (Å²) in [6, 6.07) is 68.7. The lowest BCUT2D eigenvalue weighted by atomic mass is 9.94. The number of hydrogen-bond donors (Lipinski definition) is 0. The summed E-state index contributed by atoms with van der Waals surface area (Å²) >= 11 is 1.86. The van der Waals surface area contributed by atoms with Crippen LogP contribution in [-0.4, -0.2) is 0 Å². The summed E-state index contributed by atoms with van der Waals surface area (Å²) in [6.45, 7) is 0. The Labute approximate surface area is 294 Å². The van der Waals surface area contributed by atoms with Crippen molar-refractivity contribution in [3.05, 3.63) is 188 Å². The highest BCUT2D eigenvalue weighted by Crippen LogP contribution is 2.42. The van der Waals surface area contributed by atoms with Gasteiger partial charge in [0.2, 0.25) is 0 Å². The maximum atomic E-state index is 2.38. The molecule has 0 amide bonds. The average Bonchev–Trinajstić information content (AvgIpc) is 3.56. The van der Waals surface area contributed by atoms with Crippen molar-refractivity contribution in [3.8, 4) is 22.3 Å². The quantitative estimate of drug-likeness (QED) is 0.167. The summed E-state index contributed by atoms with van der Waals surface area (Å²) in [5.41, 5.74) is 8.25. The molecule has 0 bridgehead atoms. The van der Waals surface area contributed by atoms with E-state index >= 15 is 0 Å². The van der Waals surface area contributed by atoms with Gasteiger partial charge >= 0.3 is 0 Å². The summed E-state index contributed by atoms with van der Waals surface area (Å²) in [4.78, 5) is 2.38. The highest BCUT2D eigenvalue weighted by atomic mass is 32.1. The Balaban J connectivity index is 1.08. The normalized spacial score (nSPS) is 11.6. The summed E-state index contributed by atoms with van der Waals surface area (Å²) < 4.78 is 2.61. The van der Waals surface area contributed by atoms with E-state index in [-0.39, 0.29) is 0 Å². The van der Waals surface area contributed by atoms with Crippen LogP contribution in [-0.2, 0) is 0 Å². The van der Waals surface area contributed by atoms with Crippen molar-refractivity contribution in [2.45, 2.75) is 0 Å². The SMILES string of the molecule is c1ccc(-c2ccc(N(c3ccc(-c4ccc5ccc6ccc7ccccc7c6c5c4)cc3)c3ccc4c(c3)sc3ccccc34)cc2)cc1.